The normalized spacial score (nSPS) is 10.5. The van der Waals surface area contributed by atoms with Crippen LogP contribution < -0.4 is 18.9 Å². The van der Waals surface area contributed by atoms with Gasteiger partial charge < -0.3 is 42.6 Å². The molecule has 17 heteroatoms. The largest absolute Gasteiger partial charge is 0.487 e. The summed E-state index contributed by atoms with van der Waals surface area (Å²) in [6.07, 6.45) is 0. The van der Waals surface area contributed by atoms with Gasteiger partial charge in [-0.2, -0.15) is 10.5 Å². The Bertz CT molecular complexity index is 1230. The Balaban J connectivity index is 1.66. The Kier molecular flexibility index (Phi) is 17.0. The summed E-state index contributed by atoms with van der Waals surface area (Å²) in [7, 11) is 2.99. The van der Waals surface area contributed by atoms with E-state index in [1.54, 1.807) is 12.1 Å². The number of nitrogens with zero attached hydrogens (tertiary/aromatic N) is 4. The van der Waals surface area contributed by atoms with Gasteiger partial charge in [-0.25, -0.2) is 0 Å². The van der Waals surface area contributed by atoms with E-state index in [1.807, 2.05) is 0 Å². The lowest BCUT2D eigenvalue weighted by molar-refractivity contribution is -0.385. The van der Waals surface area contributed by atoms with Crippen molar-refractivity contribution in [3.05, 3.63) is 55.6 Å². The summed E-state index contributed by atoms with van der Waals surface area (Å²) >= 11 is 0. The van der Waals surface area contributed by atoms with Crippen LogP contribution in [-0.4, -0.2) is 103 Å². The third-order valence-electron chi connectivity index (χ3n) is 5.56. The maximum Gasteiger partial charge on any atom is 0.291 e. The van der Waals surface area contributed by atoms with Gasteiger partial charge in [-0.3, -0.25) is 20.2 Å². The molecule has 0 bridgehead atoms. The maximum absolute atomic E-state index is 11.3. The Labute approximate surface area is 258 Å². The van der Waals surface area contributed by atoms with E-state index in [2.05, 4.69) is 0 Å². The second-order valence-corrected chi connectivity index (χ2v) is 8.59. The van der Waals surface area contributed by atoms with Crippen molar-refractivity contribution < 1.29 is 52.5 Å². The Hall–Kier alpha value is -4.78. The molecule has 45 heavy (non-hydrogen) atoms. The summed E-state index contributed by atoms with van der Waals surface area (Å²) in [5.41, 5.74) is -1.10. The summed E-state index contributed by atoms with van der Waals surface area (Å²) < 4.78 is 48.5. The van der Waals surface area contributed by atoms with Gasteiger partial charge in [-0.1, -0.05) is 0 Å². The average Bonchev–Trinajstić information content (AvgIpc) is 3.03. The zero-order valence-corrected chi connectivity index (χ0v) is 24.9. The second kappa shape index (κ2) is 21.0. The van der Waals surface area contributed by atoms with E-state index in [0.29, 0.717) is 0 Å². The van der Waals surface area contributed by atoms with Gasteiger partial charge in [0.15, 0.2) is 23.0 Å². The molecule has 0 amide bonds. The molecule has 17 nitrogen and oxygen atoms in total. The minimum absolute atomic E-state index is 0.0638. The molecule has 0 saturated heterocycles. The molecule has 0 spiro atoms. The molecule has 0 N–H and O–H groups in total. The van der Waals surface area contributed by atoms with Crippen LogP contribution in [0.2, 0.25) is 0 Å². The van der Waals surface area contributed by atoms with E-state index in [-0.39, 0.29) is 113 Å². The van der Waals surface area contributed by atoms with Crippen LogP contribution in [0.4, 0.5) is 11.4 Å². The number of hydrogen-bond donors (Lipinski definition) is 0. The van der Waals surface area contributed by atoms with Crippen LogP contribution in [0.15, 0.2) is 24.3 Å². The Morgan fingerprint density at radius 2 is 0.822 bits per heavy atom. The van der Waals surface area contributed by atoms with Crippen molar-refractivity contribution >= 4 is 11.4 Å². The van der Waals surface area contributed by atoms with Crippen LogP contribution in [0.3, 0.4) is 0 Å². The molecule has 0 saturated carbocycles. The number of rotatable bonds is 24. The summed E-state index contributed by atoms with van der Waals surface area (Å²) in [6, 6.07) is 8.33. The third kappa shape index (κ3) is 12.8. The van der Waals surface area contributed by atoms with Gasteiger partial charge in [0.25, 0.3) is 11.4 Å². The van der Waals surface area contributed by atoms with E-state index in [1.165, 1.54) is 26.4 Å². The van der Waals surface area contributed by atoms with E-state index < -0.39 is 21.2 Å². The third-order valence-corrected chi connectivity index (χ3v) is 5.56. The van der Waals surface area contributed by atoms with Crippen molar-refractivity contribution in [1.29, 1.82) is 10.5 Å². The standard InChI is InChI=1S/C28H34N4O13/c1-37-3-11-42-25-15-21(19-29)23(31(33)34)17-27(25)44-13-9-40-7-5-39-6-8-41-10-14-45-28-18-24(32(35)36)22(20-30)16-26(28)43-12-4-38-2/h15-18H,3-14H2,1-2H3. The van der Waals surface area contributed by atoms with Crippen molar-refractivity contribution in [2.45, 2.75) is 0 Å². The molecule has 0 unspecified atom stereocenters. The van der Waals surface area contributed by atoms with Crippen LogP contribution in [-0.2, 0) is 23.7 Å². The van der Waals surface area contributed by atoms with Gasteiger partial charge in [0.05, 0.1) is 74.8 Å². The zero-order chi connectivity index (χ0) is 32.9. The maximum atomic E-state index is 11.3. The van der Waals surface area contributed by atoms with Gasteiger partial charge in [-0.15, -0.1) is 0 Å². The predicted octanol–water partition coefficient (Wildman–Crippen LogP) is 2.80. The molecule has 2 aromatic rings. The number of hydrogen-bond acceptors (Lipinski definition) is 15. The lowest BCUT2D eigenvalue weighted by Gasteiger charge is -2.14. The Morgan fingerprint density at radius 3 is 1.11 bits per heavy atom. The zero-order valence-electron chi connectivity index (χ0n) is 24.9. The highest BCUT2D eigenvalue weighted by atomic mass is 16.6. The molecule has 0 heterocycles. The van der Waals surface area contributed by atoms with Gasteiger partial charge in [-0.05, 0) is 0 Å². The van der Waals surface area contributed by atoms with Crippen LogP contribution >= 0.6 is 0 Å². The van der Waals surface area contributed by atoms with Crippen LogP contribution in [0.25, 0.3) is 0 Å². The molecule has 0 fully saturated rings. The number of nitro groups is 2. The minimum atomic E-state index is -0.672. The molecule has 0 atom stereocenters. The second-order valence-electron chi connectivity index (χ2n) is 8.59. The van der Waals surface area contributed by atoms with Gasteiger partial charge in [0.2, 0.25) is 0 Å². The fourth-order valence-corrected chi connectivity index (χ4v) is 3.46. The van der Waals surface area contributed by atoms with E-state index in [4.69, 9.17) is 42.6 Å². The van der Waals surface area contributed by atoms with Crippen molar-refractivity contribution in [2.75, 3.05) is 93.5 Å². The molecule has 0 aromatic heterocycles. The van der Waals surface area contributed by atoms with Crippen LogP contribution in [0.5, 0.6) is 23.0 Å². The number of nitriles is 2. The van der Waals surface area contributed by atoms with Crippen molar-refractivity contribution in [3.8, 4) is 35.1 Å². The first-order chi connectivity index (χ1) is 21.9. The Morgan fingerprint density at radius 1 is 0.533 bits per heavy atom. The van der Waals surface area contributed by atoms with E-state index >= 15 is 0 Å². The van der Waals surface area contributed by atoms with Gasteiger partial charge in [0, 0.05) is 26.4 Å². The van der Waals surface area contributed by atoms with Gasteiger partial charge in [0.1, 0.15) is 49.7 Å². The van der Waals surface area contributed by atoms with E-state index in [9.17, 15) is 30.8 Å². The predicted molar refractivity (Wildman–Crippen MR) is 154 cm³/mol. The van der Waals surface area contributed by atoms with Crippen molar-refractivity contribution in [3.63, 3.8) is 0 Å². The molecule has 0 radical (unpaired) electrons. The lowest BCUT2D eigenvalue weighted by Crippen LogP contribution is -2.15. The minimum Gasteiger partial charge on any atom is -0.487 e. The lowest BCUT2D eigenvalue weighted by atomic mass is 10.1. The van der Waals surface area contributed by atoms with Crippen molar-refractivity contribution in [2.24, 2.45) is 0 Å². The summed E-state index contributed by atoms with van der Waals surface area (Å²) in [6.45, 7) is 2.36. The number of nitro benzene ring substituents is 2. The molecule has 244 valence electrons. The first kappa shape index (κ1) is 36.4. The SMILES string of the molecule is COCCOc1cc(C#N)c([N+](=O)[O-])cc1OCCOCCOCCOCCOc1cc([N+](=O)[O-])c(C#N)cc1OCCOC. The monoisotopic (exact) mass is 634 g/mol. The highest BCUT2D eigenvalue weighted by Gasteiger charge is 2.21. The summed E-state index contributed by atoms with van der Waals surface area (Å²) in [5, 5.41) is 41.0. The quantitative estimate of drug-likeness (QED) is 0.0921. The number of benzene rings is 2. The number of ether oxygens (including phenoxy) is 9. The molecular weight excluding hydrogens is 600 g/mol. The summed E-state index contributed by atoms with van der Waals surface area (Å²) in [4.78, 5) is 21.2. The molecule has 0 aliphatic heterocycles. The van der Waals surface area contributed by atoms with Crippen LogP contribution in [0, 0.1) is 42.9 Å². The fraction of sp³-hybridized carbons (Fsp3) is 0.500. The molecule has 0 aliphatic rings. The van der Waals surface area contributed by atoms with Crippen LogP contribution in [0.1, 0.15) is 11.1 Å². The first-order valence-corrected chi connectivity index (χ1v) is 13.5. The highest BCUT2D eigenvalue weighted by Crippen LogP contribution is 2.35. The topological polar surface area (TPSA) is 217 Å². The molecule has 0 aliphatic carbocycles. The smallest absolute Gasteiger partial charge is 0.291 e. The first-order valence-electron chi connectivity index (χ1n) is 13.5. The highest BCUT2D eigenvalue weighted by molar-refractivity contribution is 5.59. The average molecular weight is 635 g/mol. The fourth-order valence-electron chi connectivity index (χ4n) is 3.46. The molecule has 2 aromatic carbocycles. The van der Waals surface area contributed by atoms with E-state index in [0.717, 1.165) is 12.1 Å². The molecular formula is C28H34N4O13. The van der Waals surface area contributed by atoms with Crippen molar-refractivity contribution in [1.82, 2.24) is 0 Å². The number of methoxy groups -OCH3 is 2. The summed E-state index contributed by atoms with van der Waals surface area (Å²) in [5.74, 6) is 0.559. The van der Waals surface area contributed by atoms with Gasteiger partial charge >= 0.3 is 0 Å². The molecule has 2 rings (SSSR count).